The Hall–Kier alpha value is -2.25. The second kappa shape index (κ2) is 8.84. The lowest BCUT2D eigenvalue weighted by Gasteiger charge is -2.20. The maximum atomic E-state index is 13.1. The van der Waals surface area contributed by atoms with Gasteiger partial charge < -0.3 is 14.2 Å². The van der Waals surface area contributed by atoms with E-state index in [4.69, 9.17) is 9.26 Å². The minimum absolute atomic E-state index is 0.0431. The molecule has 1 aliphatic rings. The fourth-order valence-corrected chi connectivity index (χ4v) is 3.58. The first-order chi connectivity index (χ1) is 13.4. The number of ether oxygens (including phenoxy) is 1. The van der Waals surface area contributed by atoms with Gasteiger partial charge in [0.2, 0.25) is 5.91 Å². The maximum Gasteiger partial charge on any atom is 0.437 e. The van der Waals surface area contributed by atoms with Crippen molar-refractivity contribution in [2.45, 2.75) is 58.0 Å². The number of halogens is 3. The third kappa shape index (κ3) is 4.59. The van der Waals surface area contributed by atoms with Gasteiger partial charge >= 0.3 is 6.18 Å². The first-order valence-corrected chi connectivity index (χ1v) is 9.81. The summed E-state index contributed by atoms with van der Waals surface area (Å²) >= 11 is 0. The van der Waals surface area contributed by atoms with Gasteiger partial charge in [-0.3, -0.25) is 4.79 Å². The first-order valence-electron chi connectivity index (χ1n) is 9.81. The smallest absolute Gasteiger partial charge is 0.437 e. The van der Waals surface area contributed by atoms with Crippen LogP contribution in [0, 0.1) is 0 Å². The molecule has 1 fully saturated rings. The molecule has 1 saturated heterocycles. The summed E-state index contributed by atoms with van der Waals surface area (Å²) in [5, 5.41) is 3.18. The van der Waals surface area contributed by atoms with Crippen molar-refractivity contribution in [2.24, 2.45) is 0 Å². The molecule has 0 saturated carbocycles. The molecule has 154 valence electrons. The Morgan fingerprint density at radius 3 is 2.82 bits per heavy atom. The van der Waals surface area contributed by atoms with E-state index in [1.807, 2.05) is 11.8 Å². The summed E-state index contributed by atoms with van der Waals surface area (Å²) in [5.41, 5.74) is -0.269. The summed E-state index contributed by atoms with van der Waals surface area (Å²) in [6.45, 7) is 3.73. The van der Waals surface area contributed by atoms with Crippen molar-refractivity contribution in [3.8, 4) is 5.75 Å². The van der Waals surface area contributed by atoms with Crippen LogP contribution in [-0.4, -0.2) is 35.7 Å². The van der Waals surface area contributed by atoms with E-state index >= 15 is 0 Å². The van der Waals surface area contributed by atoms with E-state index in [1.165, 1.54) is 6.07 Å². The van der Waals surface area contributed by atoms with Gasteiger partial charge in [-0.1, -0.05) is 24.9 Å². The second-order valence-electron chi connectivity index (χ2n) is 7.09. The largest absolute Gasteiger partial charge is 0.493 e. The van der Waals surface area contributed by atoms with Crippen LogP contribution in [0.25, 0.3) is 11.0 Å². The number of rotatable bonds is 7. The summed E-state index contributed by atoms with van der Waals surface area (Å²) < 4.78 is 50.1. The van der Waals surface area contributed by atoms with Gasteiger partial charge in [-0.15, -0.1) is 0 Å². The molecule has 0 N–H and O–H groups in total. The molecule has 0 radical (unpaired) electrons. The highest BCUT2D eigenvalue weighted by Crippen LogP contribution is 2.38. The number of likely N-dealkylation sites (tertiary alicyclic amines) is 1. The third-order valence-corrected chi connectivity index (χ3v) is 4.97. The number of carbonyl (C=O) groups excluding carboxylic acids is 1. The molecule has 3 rings (SSSR count). The number of hydrogen-bond donors (Lipinski definition) is 0. The molecule has 0 atom stereocenters. The van der Waals surface area contributed by atoms with Crippen LogP contribution in [0.3, 0.4) is 0 Å². The van der Waals surface area contributed by atoms with Crippen LogP contribution in [0.1, 0.15) is 56.7 Å². The summed E-state index contributed by atoms with van der Waals surface area (Å²) in [5.74, 6) is 0.702. The predicted molar refractivity (Wildman–Crippen MR) is 98.2 cm³/mol. The fourth-order valence-electron chi connectivity index (χ4n) is 3.58. The van der Waals surface area contributed by atoms with Gasteiger partial charge in [0.1, 0.15) is 5.75 Å². The van der Waals surface area contributed by atoms with Gasteiger partial charge in [0.05, 0.1) is 12.0 Å². The highest BCUT2D eigenvalue weighted by molar-refractivity contribution is 5.85. The molecule has 1 aromatic heterocycles. The van der Waals surface area contributed by atoms with Crippen molar-refractivity contribution in [2.75, 3.05) is 19.7 Å². The molecule has 1 aromatic carbocycles. The molecular weight excluding hydrogens is 373 g/mol. The number of hydrogen-bond acceptors (Lipinski definition) is 4. The third-order valence-electron chi connectivity index (χ3n) is 4.97. The molecule has 2 heterocycles. The van der Waals surface area contributed by atoms with Crippen LogP contribution in [0.4, 0.5) is 13.2 Å². The molecule has 0 bridgehead atoms. The quantitative estimate of drug-likeness (QED) is 0.618. The topological polar surface area (TPSA) is 55.6 Å². The normalized spacial score (nSPS) is 15.9. The van der Waals surface area contributed by atoms with Crippen LogP contribution in [-0.2, 0) is 17.4 Å². The number of alkyl halides is 3. The van der Waals surface area contributed by atoms with Crippen molar-refractivity contribution in [1.82, 2.24) is 10.1 Å². The van der Waals surface area contributed by atoms with Gasteiger partial charge in [-0.25, -0.2) is 0 Å². The van der Waals surface area contributed by atoms with Crippen LogP contribution < -0.4 is 4.74 Å². The zero-order chi connectivity index (χ0) is 20.1. The van der Waals surface area contributed by atoms with Gasteiger partial charge in [-0.2, -0.15) is 13.2 Å². The van der Waals surface area contributed by atoms with E-state index < -0.39 is 11.9 Å². The van der Waals surface area contributed by atoms with Crippen LogP contribution >= 0.6 is 0 Å². The maximum absolute atomic E-state index is 13.1. The Morgan fingerprint density at radius 2 is 2.07 bits per heavy atom. The van der Waals surface area contributed by atoms with Gasteiger partial charge in [-0.05, 0) is 37.8 Å². The van der Waals surface area contributed by atoms with E-state index in [2.05, 4.69) is 5.16 Å². The van der Waals surface area contributed by atoms with Crippen molar-refractivity contribution in [3.05, 3.63) is 23.4 Å². The molecule has 28 heavy (non-hydrogen) atoms. The molecular formula is C20H25F3N2O3. The van der Waals surface area contributed by atoms with Crippen LogP contribution in [0.2, 0.25) is 0 Å². The molecule has 1 amide bonds. The molecule has 5 nitrogen and oxygen atoms in total. The molecule has 1 aliphatic heterocycles. The van der Waals surface area contributed by atoms with E-state index in [-0.39, 0.29) is 16.9 Å². The number of aromatic nitrogens is 1. The number of carbonyl (C=O) groups is 1. The van der Waals surface area contributed by atoms with Crippen molar-refractivity contribution < 1.29 is 27.2 Å². The minimum Gasteiger partial charge on any atom is -0.493 e. The number of amides is 1. The lowest BCUT2D eigenvalue weighted by molar-refractivity contribution is -0.141. The van der Waals surface area contributed by atoms with Crippen LogP contribution in [0.5, 0.6) is 5.75 Å². The van der Waals surface area contributed by atoms with Crippen molar-refractivity contribution >= 4 is 16.9 Å². The Balaban J connectivity index is 1.68. The van der Waals surface area contributed by atoms with Crippen LogP contribution in [0.15, 0.2) is 16.7 Å². The minimum atomic E-state index is -4.56. The molecule has 0 spiro atoms. The Labute approximate surface area is 161 Å². The lowest BCUT2D eigenvalue weighted by atomic mass is 10.0. The number of aryl methyl sites for hydroxylation is 1. The molecule has 0 unspecified atom stereocenters. The fraction of sp³-hybridized carbons (Fsp3) is 0.600. The number of benzene rings is 1. The second-order valence-corrected chi connectivity index (χ2v) is 7.09. The monoisotopic (exact) mass is 398 g/mol. The first kappa shape index (κ1) is 20.5. The van der Waals surface area contributed by atoms with E-state index in [1.54, 1.807) is 6.07 Å². The van der Waals surface area contributed by atoms with Gasteiger partial charge in [0.25, 0.3) is 0 Å². The Morgan fingerprint density at radius 1 is 1.25 bits per heavy atom. The van der Waals surface area contributed by atoms with Gasteiger partial charge in [0, 0.05) is 25.1 Å². The Kier molecular flexibility index (Phi) is 6.46. The number of fused-ring (bicyclic) bond motifs is 1. The summed E-state index contributed by atoms with van der Waals surface area (Å²) in [7, 11) is 0. The summed E-state index contributed by atoms with van der Waals surface area (Å²) in [4.78, 5) is 13.9. The predicted octanol–water partition coefficient (Wildman–Crippen LogP) is 4.97. The van der Waals surface area contributed by atoms with E-state index in [9.17, 15) is 18.0 Å². The Bertz CT molecular complexity index is 817. The highest BCUT2D eigenvalue weighted by Gasteiger charge is 2.37. The standard InChI is InChI=1S/C20H25F3N2O3/c1-2-7-14-16(10-9-15-18(14)28-24-19(15)20(21,22)23)27-13-6-12-25-11-5-3-4-8-17(25)26/h9-10H,2-8,11-13H2,1H3. The number of nitrogens with zero attached hydrogens (tertiary/aromatic N) is 2. The zero-order valence-corrected chi connectivity index (χ0v) is 16.0. The van der Waals surface area contributed by atoms with E-state index in [0.717, 1.165) is 32.2 Å². The SMILES string of the molecule is CCCc1c(OCCCN2CCCCCC2=O)ccc2c(C(F)(F)F)noc12. The van der Waals surface area contributed by atoms with E-state index in [0.29, 0.717) is 43.7 Å². The highest BCUT2D eigenvalue weighted by atomic mass is 19.4. The molecule has 2 aromatic rings. The summed E-state index contributed by atoms with van der Waals surface area (Å²) in [6.07, 6.45) is 1.03. The molecule has 0 aliphatic carbocycles. The van der Waals surface area contributed by atoms with Crippen molar-refractivity contribution in [1.29, 1.82) is 0 Å². The van der Waals surface area contributed by atoms with Gasteiger partial charge in [0.15, 0.2) is 11.3 Å². The average Bonchev–Trinajstić information content (AvgIpc) is 2.99. The average molecular weight is 398 g/mol. The molecule has 8 heteroatoms. The summed E-state index contributed by atoms with van der Waals surface area (Å²) in [6, 6.07) is 2.90. The zero-order valence-electron chi connectivity index (χ0n) is 16.0. The van der Waals surface area contributed by atoms with Crippen molar-refractivity contribution in [3.63, 3.8) is 0 Å². The lowest BCUT2D eigenvalue weighted by Crippen LogP contribution is -2.32.